The molecule has 0 aliphatic heterocycles. The molecule has 0 amide bonds. The maximum atomic E-state index is 11.0. The number of nitrogens with zero attached hydrogens (tertiary/aromatic N) is 1. The summed E-state index contributed by atoms with van der Waals surface area (Å²) in [5, 5.41) is 12.1. The Bertz CT molecular complexity index is 644. The number of hydrogen-bond acceptors (Lipinski definition) is 4. The summed E-state index contributed by atoms with van der Waals surface area (Å²) in [6.45, 7) is 1.89. The normalized spacial score (nSPS) is 10.2. The van der Waals surface area contributed by atoms with Gasteiger partial charge in [-0.25, -0.2) is 9.78 Å². The van der Waals surface area contributed by atoms with Gasteiger partial charge in [0.1, 0.15) is 0 Å². The number of aromatic nitrogens is 1. The van der Waals surface area contributed by atoms with Crippen LogP contribution in [0.1, 0.15) is 15.9 Å². The first-order chi connectivity index (χ1) is 8.97. The van der Waals surface area contributed by atoms with Crippen molar-refractivity contribution in [1.82, 2.24) is 4.98 Å². The number of carboxylic acids is 1. The second-order valence-corrected chi connectivity index (χ2v) is 4.48. The number of hydrogen-bond donors (Lipinski definition) is 3. The van der Waals surface area contributed by atoms with Gasteiger partial charge < -0.3 is 16.2 Å². The maximum absolute atomic E-state index is 11.0. The molecule has 1 heterocycles. The lowest BCUT2D eigenvalue weighted by Crippen LogP contribution is -2.02. The van der Waals surface area contributed by atoms with Crippen molar-refractivity contribution in [3.63, 3.8) is 0 Å². The van der Waals surface area contributed by atoms with Crippen molar-refractivity contribution in [2.24, 2.45) is 0 Å². The lowest BCUT2D eigenvalue weighted by atomic mass is 10.2. The number of nitrogens with two attached hydrogens (primary N) is 1. The monoisotopic (exact) mass is 277 g/mol. The minimum absolute atomic E-state index is 0.0253. The number of nitrogen functional groups attached to an aromatic ring is 1. The smallest absolute Gasteiger partial charge is 0.337 e. The van der Waals surface area contributed by atoms with Crippen LogP contribution in [0.5, 0.6) is 0 Å². The van der Waals surface area contributed by atoms with Crippen LogP contribution in [0.25, 0.3) is 0 Å². The van der Waals surface area contributed by atoms with E-state index in [0.717, 1.165) is 5.56 Å². The number of aryl methyl sites for hydroxylation is 1. The van der Waals surface area contributed by atoms with E-state index in [-0.39, 0.29) is 10.6 Å². The molecule has 98 valence electrons. The molecule has 1 aromatic heterocycles. The molecule has 1 aromatic carbocycles. The molecule has 0 saturated heterocycles. The molecule has 19 heavy (non-hydrogen) atoms. The zero-order valence-corrected chi connectivity index (χ0v) is 10.9. The third-order valence-electron chi connectivity index (χ3n) is 2.51. The Balaban J connectivity index is 2.33. The predicted molar refractivity (Wildman–Crippen MR) is 75.1 cm³/mol. The van der Waals surface area contributed by atoms with E-state index < -0.39 is 5.97 Å². The van der Waals surface area contributed by atoms with Gasteiger partial charge in [-0.2, -0.15) is 0 Å². The second kappa shape index (κ2) is 5.16. The maximum Gasteiger partial charge on any atom is 0.337 e. The predicted octanol–water partition coefficient (Wildman–Crippen LogP) is 3.07. The van der Waals surface area contributed by atoms with Gasteiger partial charge >= 0.3 is 5.97 Å². The number of aromatic carboxylic acids is 1. The van der Waals surface area contributed by atoms with Gasteiger partial charge in [0.05, 0.1) is 16.3 Å². The zero-order valence-electron chi connectivity index (χ0n) is 10.1. The molecule has 0 atom stereocenters. The summed E-state index contributed by atoms with van der Waals surface area (Å²) in [5.41, 5.74) is 7.86. The lowest BCUT2D eigenvalue weighted by Gasteiger charge is -2.10. The first-order valence-corrected chi connectivity index (χ1v) is 5.87. The minimum atomic E-state index is -1.08. The SMILES string of the molecule is Cc1cnc(Nc2ccc(Cl)c(C(=O)O)c2)c(N)c1. The molecule has 6 heteroatoms. The van der Waals surface area contributed by atoms with Crippen molar-refractivity contribution >= 4 is 34.8 Å². The summed E-state index contributed by atoms with van der Waals surface area (Å²) in [7, 11) is 0. The van der Waals surface area contributed by atoms with Gasteiger partial charge in [0.15, 0.2) is 5.82 Å². The molecule has 0 saturated carbocycles. The van der Waals surface area contributed by atoms with Gasteiger partial charge in [0, 0.05) is 11.9 Å². The molecule has 2 rings (SSSR count). The molecule has 2 aromatic rings. The van der Waals surface area contributed by atoms with Crippen LogP contribution >= 0.6 is 11.6 Å². The molecule has 4 N–H and O–H groups in total. The van der Waals surface area contributed by atoms with E-state index in [0.29, 0.717) is 17.2 Å². The van der Waals surface area contributed by atoms with Crippen molar-refractivity contribution in [2.75, 3.05) is 11.1 Å². The number of rotatable bonds is 3. The fourth-order valence-corrected chi connectivity index (χ4v) is 1.80. The molecule has 0 aliphatic rings. The highest BCUT2D eigenvalue weighted by Crippen LogP contribution is 2.25. The molecule has 0 bridgehead atoms. The van der Waals surface area contributed by atoms with Crippen LogP contribution < -0.4 is 11.1 Å². The van der Waals surface area contributed by atoms with Gasteiger partial charge in [-0.1, -0.05) is 11.6 Å². The number of pyridine rings is 1. The Morgan fingerprint density at radius 2 is 2.16 bits per heavy atom. The summed E-state index contributed by atoms with van der Waals surface area (Å²) in [6, 6.07) is 6.39. The third kappa shape index (κ3) is 2.95. The van der Waals surface area contributed by atoms with Gasteiger partial charge in [0.25, 0.3) is 0 Å². The number of halogens is 1. The summed E-state index contributed by atoms with van der Waals surface area (Å²) in [4.78, 5) is 15.1. The van der Waals surface area contributed by atoms with Gasteiger partial charge in [-0.3, -0.25) is 0 Å². The Hall–Kier alpha value is -2.27. The Morgan fingerprint density at radius 3 is 2.79 bits per heavy atom. The topological polar surface area (TPSA) is 88.2 Å². The van der Waals surface area contributed by atoms with Crippen molar-refractivity contribution in [2.45, 2.75) is 6.92 Å². The molecule has 0 spiro atoms. The summed E-state index contributed by atoms with van der Waals surface area (Å²) >= 11 is 5.80. The van der Waals surface area contributed by atoms with Crippen LogP contribution in [-0.4, -0.2) is 16.1 Å². The first-order valence-electron chi connectivity index (χ1n) is 5.49. The second-order valence-electron chi connectivity index (χ2n) is 4.08. The fourth-order valence-electron chi connectivity index (χ4n) is 1.60. The van der Waals surface area contributed by atoms with E-state index >= 15 is 0 Å². The largest absolute Gasteiger partial charge is 0.478 e. The Kier molecular flexibility index (Phi) is 3.57. The highest BCUT2D eigenvalue weighted by Gasteiger charge is 2.10. The zero-order chi connectivity index (χ0) is 14.0. The van der Waals surface area contributed by atoms with Crippen molar-refractivity contribution in [3.8, 4) is 0 Å². The highest BCUT2D eigenvalue weighted by atomic mass is 35.5. The quantitative estimate of drug-likeness (QED) is 0.802. The third-order valence-corrected chi connectivity index (χ3v) is 2.84. The van der Waals surface area contributed by atoms with Crippen LogP contribution in [0, 0.1) is 6.92 Å². The minimum Gasteiger partial charge on any atom is -0.478 e. The highest BCUT2D eigenvalue weighted by molar-refractivity contribution is 6.33. The molecule has 5 nitrogen and oxygen atoms in total. The van der Waals surface area contributed by atoms with Crippen molar-refractivity contribution in [1.29, 1.82) is 0 Å². The van der Waals surface area contributed by atoms with E-state index in [4.69, 9.17) is 22.4 Å². The average molecular weight is 278 g/mol. The molecule has 0 radical (unpaired) electrons. The molecule has 0 unspecified atom stereocenters. The summed E-state index contributed by atoms with van der Waals surface area (Å²) in [5.74, 6) is -0.609. The number of nitrogens with one attached hydrogen (secondary N) is 1. The Morgan fingerprint density at radius 1 is 1.42 bits per heavy atom. The number of anilines is 3. The molecule has 0 fully saturated rings. The lowest BCUT2D eigenvalue weighted by molar-refractivity contribution is 0.0697. The number of benzene rings is 1. The van der Waals surface area contributed by atoms with Crippen LogP contribution in [0.2, 0.25) is 5.02 Å². The molecule has 0 aliphatic carbocycles. The van der Waals surface area contributed by atoms with Crippen LogP contribution in [0.15, 0.2) is 30.5 Å². The van der Waals surface area contributed by atoms with E-state index in [2.05, 4.69) is 10.3 Å². The average Bonchev–Trinajstić information content (AvgIpc) is 2.34. The van der Waals surface area contributed by atoms with E-state index in [1.807, 2.05) is 6.92 Å². The molecular weight excluding hydrogens is 266 g/mol. The van der Waals surface area contributed by atoms with Gasteiger partial charge in [0.2, 0.25) is 0 Å². The van der Waals surface area contributed by atoms with Crippen LogP contribution in [0.3, 0.4) is 0 Å². The summed E-state index contributed by atoms with van der Waals surface area (Å²) < 4.78 is 0. The van der Waals surface area contributed by atoms with E-state index in [1.54, 1.807) is 18.3 Å². The number of carboxylic acid groups (broad SMARTS) is 1. The standard InChI is InChI=1S/C13H12ClN3O2/c1-7-4-11(15)12(16-6-7)17-8-2-3-10(14)9(5-8)13(18)19/h2-6H,15H2,1H3,(H,16,17)(H,18,19). The van der Waals surface area contributed by atoms with E-state index in [1.165, 1.54) is 12.1 Å². The van der Waals surface area contributed by atoms with Crippen molar-refractivity contribution in [3.05, 3.63) is 46.6 Å². The number of carbonyl (C=O) groups is 1. The van der Waals surface area contributed by atoms with Crippen LogP contribution in [-0.2, 0) is 0 Å². The Labute approximate surface area is 115 Å². The summed E-state index contributed by atoms with van der Waals surface area (Å²) in [6.07, 6.45) is 1.67. The van der Waals surface area contributed by atoms with Crippen molar-refractivity contribution < 1.29 is 9.90 Å². The molecular formula is C13H12ClN3O2. The first kappa shape index (κ1) is 13.2. The van der Waals surface area contributed by atoms with Gasteiger partial charge in [-0.15, -0.1) is 0 Å². The van der Waals surface area contributed by atoms with Gasteiger partial charge in [-0.05, 0) is 36.8 Å². The fraction of sp³-hybridized carbons (Fsp3) is 0.0769. The van der Waals surface area contributed by atoms with E-state index in [9.17, 15) is 4.79 Å². The van der Waals surface area contributed by atoms with Crippen LogP contribution in [0.4, 0.5) is 17.2 Å².